The zero-order valence-corrected chi connectivity index (χ0v) is 16.8. The molecule has 3 aromatic carbocycles. The lowest BCUT2D eigenvalue weighted by Gasteiger charge is -2.24. The van der Waals surface area contributed by atoms with Crippen LogP contribution in [0.2, 0.25) is 5.02 Å². The zero-order chi connectivity index (χ0) is 20.6. The first-order chi connectivity index (χ1) is 14.0. The fourth-order valence-corrected chi connectivity index (χ4v) is 3.83. The van der Waals surface area contributed by atoms with Crippen molar-refractivity contribution in [1.29, 1.82) is 0 Å². The Kier molecular flexibility index (Phi) is 4.94. The summed E-state index contributed by atoms with van der Waals surface area (Å²) in [5.74, 6) is 0.553. The van der Waals surface area contributed by atoms with E-state index in [9.17, 15) is 9.90 Å². The van der Waals surface area contributed by atoms with Crippen LogP contribution >= 0.6 is 11.6 Å². The van der Waals surface area contributed by atoms with Gasteiger partial charge in [0.2, 0.25) is 0 Å². The zero-order valence-electron chi connectivity index (χ0n) is 16.1. The molecule has 0 radical (unpaired) electrons. The van der Waals surface area contributed by atoms with E-state index < -0.39 is 11.5 Å². The molecule has 1 atom stereocenters. The minimum atomic E-state index is -1.82. The Hall–Kier alpha value is -3.02. The van der Waals surface area contributed by atoms with E-state index in [-0.39, 0.29) is 0 Å². The van der Waals surface area contributed by atoms with E-state index in [0.29, 0.717) is 39.9 Å². The van der Waals surface area contributed by atoms with Crippen molar-refractivity contribution in [3.63, 3.8) is 0 Å². The van der Waals surface area contributed by atoms with E-state index in [2.05, 4.69) is 0 Å². The maximum absolute atomic E-state index is 13.5. The van der Waals surface area contributed by atoms with Gasteiger partial charge < -0.3 is 19.5 Å². The minimum absolute atomic E-state index is 0.322. The number of benzene rings is 3. The number of rotatable bonds is 5. The van der Waals surface area contributed by atoms with Gasteiger partial charge >= 0.3 is 0 Å². The van der Waals surface area contributed by atoms with E-state index in [4.69, 9.17) is 21.1 Å². The van der Waals surface area contributed by atoms with Crippen LogP contribution in [0.3, 0.4) is 0 Å². The average molecular weight is 410 g/mol. The molecule has 1 heterocycles. The van der Waals surface area contributed by atoms with E-state index >= 15 is 0 Å². The number of nitrogens with zero attached hydrogens (tertiary/aromatic N) is 1. The first-order valence-electron chi connectivity index (χ1n) is 9.10. The summed E-state index contributed by atoms with van der Waals surface area (Å²) in [5.41, 5.74) is 0.721. The van der Waals surface area contributed by atoms with Crippen LogP contribution in [0, 0.1) is 0 Å². The molecule has 29 heavy (non-hydrogen) atoms. The average Bonchev–Trinajstić information content (AvgIpc) is 2.97. The number of para-hydroxylation sites is 1. The van der Waals surface area contributed by atoms with Gasteiger partial charge in [0, 0.05) is 16.1 Å². The predicted molar refractivity (Wildman–Crippen MR) is 112 cm³/mol. The van der Waals surface area contributed by atoms with Crippen LogP contribution in [-0.2, 0) is 16.9 Å². The molecule has 1 amide bonds. The Morgan fingerprint density at radius 3 is 2.34 bits per heavy atom. The van der Waals surface area contributed by atoms with Crippen LogP contribution in [0.25, 0.3) is 0 Å². The van der Waals surface area contributed by atoms with Crippen molar-refractivity contribution in [1.82, 2.24) is 0 Å². The first kappa shape index (κ1) is 19.3. The molecule has 3 aromatic rings. The van der Waals surface area contributed by atoms with Crippen LogP contribution in [0.5, 0.6) is 11.5 Å². The largest absolute Gasteiger partial charge is 0.493 e. The van der Waals surface area contributed by atoms with E-state index in [1.54, 1.807) is 41.3 Å². The fraction of sp³-hybridized carbons (Fsp3) is 0.174. The van der Waals surface area contributed by atoms with E-state index in [1.807, 2.05) is 30.3 Å². The van der Waals surface area contributed by atoms with Gasteiger partial charge in [-0.1, -0.05) is 48.0 Å². The molecule has 148 valence electrons. The van der Waals surface area contributed by atoms with Gasteiger partial charge in [-0.2, -0.15) is 0 Å². The third-order valence-electron chi connectivity index (χ3n) is 5.19. The Morgan fingerprint density at radius 2 is 1.66 bits per heavy atom. The van der Waals surface area contributed by atoms with Crippen LogP contribution in [0.4, 0.5) is 5.69 Å². The SMILES string of the molecule is COc1ccc(C2(O)C(=O)N(Cc3ccc(Cl)cc3)c3ccccc32)cc1OC. The van der Waals surface area contributed by atoms with Crippen molar-refractivity contribution < 1.29 is 19.4 Å². The van der Waals surface area contributed by atoms with Crippen molar-refractivity contribution in [2.24, 2.45) is 0 Å². The number of hydrogen-bond acceptors (Lipinski definition) is 4. The third kappa shape index (κ3) is 3.12. The van der Waals surface area contributed by atoms with Gasteiger partial charge in [-0.05, 0) is 35.9 Å². The molecule has 0 aliphatic carbocycles. The molecule has 0 spiro atoms. The molecule has 0 fully saturated rings. The number of halogens is 1. The highest BCUT2D eigenvalue weighted by Crippen LogP contribution is 2.46. The predicted octanol–water partition coefficient (Wildman–Crippen LogP) is 4.14. The van der Waals surface area contributed by atoms with Gasteiger partial charge in [0.15, 0.2) is 17.1 Å². The summed E-state index contributed by atoms with van der Waals surface area (Å²) in [6.07, 6.45) is 0. The van der Waals surface area contributed by atoms with E-state index in [1.165, 1.54) is 14.2 Å². The maximum atomic E-state index is 13.5. The molecule has 1 aliphatic heterocycles. The minimum Gasteiger partial charge on any atom is -0.493 e. The number of hydrogen-bond donors (Lipinski definition) is 1. The fourth-order valence-electron chi connectivity index (χ4n) is 3.70. The monoisotopic (exact) mass is 409 g/mol. The van der Waals surface area contributed by atoms with Gasteiger partial charge in [-0.3, -0.25) is 4.79 Å². The number of fused-ring (bicyclic) bond motifs is 1. The van der Waals surface area contributed by atoms with Crippen LogP contribution in [0.15, 0.2) is 66.7 Å². The van der Waals surface area contributed by atoms with Crippen molar-refractivity contribution in [3.8, 4) is 11.5 Å². The Morgan fingerprint density at radius 1 is 0.966 bits per heavy atom. The molecule has 0 saturated heterocycles. The molecule has 0 bridgehead atoms. The van der Waals surface area contributed by atoms with Crippen LogP contribution in [0.1, 0.15) is 16.7 Å². The highest BCUT2D eigenvalue weighted by Gasteiger charge is 2.51. The highest BCUT2D eigenvalue weighted by molar-refractivity contribution is 6.30. The van der Waals surface area contributed by atoms with Crippen LogP contribution in [-0.4, -0.2) is 25.2 Å². The molecule has 1 aliphatic rings. The van der Waals surface area contributed by atoms with Crippen molar-refractivity contribution >= 4 is 23.2 Å². The summed E-state index contributed by atoms with van der Waals surface area (Å²) in [5, 5.41) is 12.3. The molecule has 1 unspecified atom stereocenters. The lowest BCUT2D eigenvalue weighted by Crippen LogP contribution is -2.40. The Bertz CT molecular complexity index is 1070. The van der Waals surface area contributed by atoms with Crippen molar-refractivity contribution in [2.45, 2.75) is 12.1 Å². The third-order valence-corrected chi connectivity index (χ3v) is 5.45. The standard InChI is InChI=1S/C23H20ClNO4/c1-28-20-12-9-16(13-21(20)29-2)23(27)18-5-3-4-6-19(18)25(22(23)26)14-15-7-10-17(24)11-8-15/h3-13,27H,14H2,1-2H3. The normalized spacial score (nSPS) is 17.9. The smallest absolute Gasteiger partial charge is 0.268 e. The second kappa shape index (κ2) is 7.43. The second-order valence-electron chi connectivity index (χ2n) is 6.82. The number of anilines is 1. The number of aliphatic hydroxyl groups is 1. The van der Waals surface area contributed by atoms with Gasteiger partial charge in [-0.25, -0.2) is 0 Å². The molecule has 0 aromatic heterocycles. The Labute approximate surface area is 174 Å². The van der Waals surface area contributed by atoms with Gasteiger partial charge in [0.25, 0.3) is 5.91 Å². The number of ether oxygens (including phenoxy) is 2. The summed E-state index contributed by atoms with van der Waals surface area (Å²) in [7, 11) is 3.05. The quantitative estimate of drug-likeness (QED) is 0.688. The Balaban J connectivity index is 1.80. The van der Waals surface area contributed by atoms with Crippen molar-refractivity contribution in [2.75, 3.05) is 19.1 Å². The summed E-state index contributed by atoms with van der Waals surface area (Å²) in [4.78, 5) is 15.1. The number of carbonyl (C=O) groups is 1. The van der Waals surface area contributed by atoms with Gasteiger partial charge in [0.05, 0.1) is 26.5 Å². The van der Waals surface area contributed by atoms with Crippen molar-refractivity contribution in [3.05, 3.63) is 88.4 Å². The molecule has 6 heteroatoms. The topological polar surface area (TPSA) is 59.0 Å². The number of methoxy groups -OCH3 is 2. The second-order valence-corrected chi connectivity index (χ2v) is 7.25. The van der Waals surface area contributed by atoms with E-state index in [0.717, 1.165) is 5.56 Å². The first-order valence-corrected chi connectivity index (χ1v) is 9.47. The highest BCUT2D eigenvalue weighted by atomic mass is 35.5. The van der Waals surface area contributed by atoms with Gasteiger partial charge in [0.1, 0.15) is 0 Å². The molecule has 4 rings (SSSR count). The summed E-state index contributed by atoms with van der Waals surface area (Å²) in [6.45, 7) is 0.322. The molecule has 5 nitrogen and oxygen atoms in total. The lowest BCUT2D eigenvalue weighted by molar-refractivity contribution is -0.132. The summed E-state index contributed by atoms with van der Waals surface area (Å²) < 4.78 is 10.6. The summed E-state index contributed by atoms with van der Waals surface area (Å²) in [6, 6.07) is 19.6. The van der Waals surface area contributed by atoms with Crippen LogP contribution < -0.4 is 14.4 Å². The maximum Gasteiger partial charge on any atom is 0.268 e. The summed E-state index contributed by atoms with van der Waals surface area (Å²) >= 11 is 5.97. The number of carbonyl (C=O) groups excluding carboxylic acids is 1. The molecule has 1 N–H and O–H groups in total. The molecule has 0 saturated carbocycles. The van der Waals surface area contributed by atoms with Gasteiger partial charge in [-0.15, -0.1) is 0 Å². The number of amides is 1. The molecular formula is C23H20ClNO4. The molecular weight excluding hydrogens is 390 g/mol. The lowest BCUT2D eigenvalue weighted by atomic mass is 9.87.